The van der Waals surface area contributed by atoms with E-state index >= 15 is 0 Å². The Morgan fingerprint density at radius 1 is 1.08 bits per heavy atom. The smallest absolute Gasteiger partial charge is 0.155 e. The van der Waals surface area contributed by atoms with Crippen molar-refractivity contribution in [3.63, 3.8) is 0 Å². The molecule has 6 atom stereocenters. The molecular formula is C19H27O5P-2. The van der Waals surface area contributed by atoms with E-state index in [0.717, 1.165) is 38.5 Å². The summed E-state index contributed by atoms with van der Waals surface area (Å²) >= 11 is 0. The maximum Gasteiger partial charge on any atom is 0.155 e. The van der Waals surface area contributed by atoms with Gasteiger partial charge in [0.15, 0.2) is 5.78 Å². The molecule has 3 saturated carbocycles. The molecule has 0 N–H and O–H groups in total. The van der Waals surface area contributed by atoms with Crippen LogP contribution in [0.1, 0.15) is 65.2 Å². The van der Waals surface area contributed by atoms with Crippen LogP contribution in [0.3, 0.4) is 0 Å². The second-order valence-corrected chi connectivity index (χ2v) is 10.2. The van der Waals surface area contributed by atoms with E-state index in [1.54, 1.807) is 0 Å². The summed E-state index contributed by atoms with van der Waals surface area (Å²) in [6.45, 7) is 4.45. The van der Waals surface area contributed by atoms with Crippen LogP contribution in [-0.2, 0) is 13.9 Å². The lowest BCUT2D eigenvalue weighted by Crippen LogP contribution is -2.51. The maximum atomic E-state index is 11.9. The number of carbonyl (C=O) groups is 1. The van der Waals surface area contributed by atoms with E-state index in [0.29, 0.717) is 30.6 Å². The van der Waals surface area contributed by atoms with Gasteiger partial charge in [-0.25, -0.2) is 0 Å². The van der Waals surface area contributed by atoms with Crippen molar-refractivity contribution in [3.8, 4) is 0 Å². The summed E-state index contributed by atoms with van der Waals surface area (Å²) in [5.74, 6) is 1.78. The van der Waals surface area contributed by atoms with Crippen LogP contribution in [0.15, 0.2) is 11.6 Å². The molecule has 0 aromatic heterocycles. The Bertz CT molecular complexity index is 667. The highest BCUT2D eigenvalue weighted by Crippen LogP contribution is 2.66. The molecule has 0 aliphatic heterocycles. The molecule has 0 bridgehead atoms. The Morgan fingerprint density at radius 3 is 2.56 bits per heavy atom. The molecule has 4 aliphatic rings. The average Bonchev–Trinajstić information content (AvgIpc) is 2.83. The fraction of sp³-hybridized carbons (Fsp3) is 0.842. The van der Waals surface area contributed by atoms with Gasteiger partial charge in [0.2, 0.25) is 0 Å². The molecule has 25 heavy (non-hydrogen) atoms. The predicted octanol–water partition coefficient (Wildman–Crippen LogP) is 2.73. The molecule has 0 spiro atoms. The van der Waals surface area contributed by atoms with Crippen molar-refractivity contribution in [1.29, 1.82) is 0 Å². The standard InChI is InChI=1S/C19H29O5P/c1-18-9-7-13(20)11-12(18)3-4-14-15-5-6-17(24-25(21,22)23)19(15,2)10-8-16(14)18/h11,14-17H,3-10H2,1-2H3,(H2,21,22,23)/p-2/t14-,15-,16-,17-,18-,19-/m0/s1. The van der Waals surface area contributed by atoms with Crippen molar-refractivity contribution < 1.29 is 23.7 Å². The lowest BCUT2D eigenvalue weighted by atomic mass is 9.47. The second kappa shape index (κ2) is 5.76. The summed E-state index contributed by atoms with van der Waals surface area (Å²) in [5.41, 5.74) is 1.24. The SMILES string of the molecule is C[C@]12CC[C@H]3[C@@H](CCC4=CC(=O)CC[C@@]43C)[C@@H]1CC[C@@H]2OP(=O)([O-])[O-]. The highest BCUT2D eigenvalue weighted by molar-refractivity contribution is 7.43. The summed E-state index contributed by atoms with van der Waals surface area (Å²) in [5, 5.41) is 0. The molecule has 0 saturated heterocycles. The van der Waals surface area contributed by atoms with Crippen molar-refractivity contribution in [2.75, 3.05) is 0 Å². The van der Waals surface area contributed by atoms with E-state index in [2.05, 4.69) is 13.8 Å². The maximum absolute atomic E-state index is 11.9. The quantitative estimate of drug-likeness (QED) is 0.701. The van der Waals surface area contributed by atoms with Crippen molar-refractivity contribution in [3.05, 3.63) is 11.6 Å². The van der Waals surface area contributed by atoms with Gasteiger partial charge < -0.3 is 18.9 Å². The molecule has 6 heteroatoms. The van der Waals surface area contributed by atoms with Gasteiger partial charge in [-0.15, -0.1) is 0 Å². The van der Waals surface area contributed by atoms with Crippen molar-refractivity contribution in [1.82, 2.24) is 0 Å². The van der Waals surface area contributed by atoms with E-state index in [4.69, 9.17) is 4.52 Å². The van der Waals surface area contributed by atoms with Crippen molar-refractivity contribution in [2.24, 2.45) is 28.6 Å². The third-order valence-electron chi connectivity index (χ3n) is 8.13. The molecule has 0 radical (unpaired) electrons. The minimum Gasteiger partial charge on any atom is -0.790 e. The van der Waals surface area contributed by atoms with Crippen LogP contribution in [0.25, 0.3) is 0 Å². The largest absolute Gasteiger partial charge is 0.790 e. The van der Waals surface area contributed by atoms with Gasteiger partial charge in [-0.05, 0) is 79.6 Å². The van der Waals surface area contributed by atoms with E-state index in [9.17, 15) is 19.1 Å². The first kappa shape index (κ1) is 17.9. The van der Waals surface area contributed by atoms with Gasteiger partial charge in [0.05, 0.1) is 13.9 Å². The van der Waals surface area contributed by atoms with Gasteiger partial charge in [0.1, 0.15) is 0 Å². The molecular weight excluding hydrogens is 339 g/mol. The van der Waals surface area contributed by atoms with Gasteiger partial charge in [-0.2, -0.15) is 0 Å². The number of allylic oxidation sites excluding steroid dienone is 1. The number of ketones is 1. The Kier molecular flexibility index (Phi) is 4.12. The number of hydrogen-bond acceptors (Lipinski definition) is 5. The van der Waals surface area contributed by atoms with Crippen LogP contribution in [0.4, 0.5) is 0 Å². The van der Waals surface area contributed by atoms with E-state index < -0.39 is 13.9 Å². The number of hydrogen-bond donors (Lipinski definition) is 0. The highest BCUT2D eigenvalue weighted by atomic mass is 31.2. The van der Waals surface area contributed by atoms with Crippen LogP contribution in [0.2, 0.25) is 0 Å². The van der Waals surface area contributed by atoms with Gasteiger partial charge in [0.25, 0.3) is 0 Å². The summed E-state index contributed by atoms with van der Waals surface area (Å²) in [6.07, 6.45) is 8.61. The van der Waals surface area contributed by atoms with Crippen molar-refractivity contribution in [2.45, 2.75) is 71.3 Å². The first-order valence-electron chi connectivity index (χ1n) is 9.58. The summed E-state index contributed by atoms with van der Waals surface area (Å²) in [4.78, 5) is 34.2. The summed E-state index contributed by atoms with van der Waals surface area (Å²) < 4.78 is 16.2. The summed E-state index contributed by atoms with van der Waals surface area (Å²) in [7, 11) is -4.95. The molecule has 4 aliphatic carbocycles. The highest BCUT2D eigenvalue weighted by Gasteiger charge is 2.59. The Balaban J connectivity index is 1.61. The topological polar surface area (TPSA) is 89.5 Å². The number of rotatable bonds is 2. The zero-order valence-electron chi connectivity index (χ0n) is 15.0. The van der Waals surface area contributed by atoms with Crippen LogP contribution < -0.4 is 9.79 Å². The van der Waals surface area contributed by atoms with Crippen LogP contribution in [-0.4, -0.2) is 11.9 Å². The van der Waals surface area contributed by atoms with E-state index in [1.807, 2.05) is 6.08 Å². The number of fused-ring (bicyclic) bond motifs is 5. The molecule has 5 nitrogen and oxygen atoms in total. The molecule has 140 valence electrons. The first-order chi connectivity index (χ1) is 11.6. The van der Waals surface area contributed by atoms with Gasteiger partial charge >= 0.3 is 0 Å². The monoisotopic (exact) mass is 366 g/mol. The van der Waals surface area contributed by atoms with Crippen LogP contribution >= 0.6 is 7.82 Å². The van der Waals surface area contributed by atoms with Gasteiger partial charge in [0, 0.05) is 6.42 Å². The van der Waals surface area contributed by atoms with Crippen LogP contribution in [0.5, 0.6) is 0 Å². The number of phosphoric ester groups is 1. The van der Waals surface area contributed by atoms with E-state index in [1.165, 1.54) is 5.57 Å². The average molecular weight is 366 g/mol. The minimum absolute atomic E-state index is 0.115. The Labute approximate surface area is 149 Å². The number of phosphoric acid groups is 1. The third-order valence-corrected chi connectivity index (χ3v) is 8.64. The zero-order chi connectivity index (χ0) is 18.0. The molecule has 4 rings (SSSR count). The molecule has 0 aromatic carbocycles. The zero-order valence-corrected chi connectivity index (χ0v) is 15.9. The first-order valence-corrected chi connectivity index (χ1v) is 11.0. The van der Waals surface area contributed by atoms with Crippen LogP contribution in [0, 0.1) is 28.6 Å². The van der Waals surface area contributed by atoms with E-state index in [-0.39, 0.29) is 16.6 Å². The molecule has 3 fully saturated rings. The lowest BCUT2D eigenvalue weighted by Gasteiger charge is -2.58. The Hall–Kier alpha value is -0.480. The predicted molar refractivity (Wildman–Crippen MR) is 89.2 cm³/mol. The Morgan fingerprint density at radius 2 is 1.84 bits per heavy atom. The third kappa shape index (κ3) is 2.79. The number of carbonyl (C=O) groups excluding carboxylic acids is 1. The molecule has 0 unspecified atom stereocenters. The molecule has 0 amide bonds. The lowest BCUT2D eigenvalue weighted by molar-refractivity contribution is -0.347. The van der Waals surface area contributed by atoms with Crippen molar-refractivity contribution >= 4 is 13.6 Å². The fourth-order valence-electron chi connectivity index (χ4n) is 6.84. The van der Waals surface area contributed by atoms with Gasteiger partial charge in [-0.3, -0.25) is 4.79 Å². The summed E-state index contributed by atoms with van der Waals surface area (Å²) in [6, 6.07) is 0. The fourth-order valence-corrected chi connectivity index (χ4v) is 7.50. The minimum atomic E-state index is -4.95. The normalized spacial score (nSPS) is 46.9. The molecule has 0 heterocycles. The van der Waals surface area contributed by atoms with Gasteiger partial charge in [-0.1, -0.05) is 19.4 Å². The second-order valence-electron chi connectivity index (χ2n) is 9.13. The molecule has 0 aromatic rings.